The van der Waals surface area contributed by atoms with Crippen LogP contribution in [-0.2, 0) is 16.3 Å². The zero-order valence-corrected chi connectivity index (χ0v) is 15.8. The van der Waals surface area contributed by atoms with Crippen LogP contribution in [-0.4, -0.2) is 30.7 Å². The summed E-state index contributed by atoms with van der Waals surface area (Å²) in [5.74, 6) is -0.960. The van der Waals surface area contributed by atoms with Gasteiger partial charge in [-0.2, -0.15) is 5.26 Å². The summed E-state index contributed by atoms with van der Waals surface area (Å²) in [6.45, 7) is 4.00. The van der Waals surface area contributed by atoms with E-state index in [1.165, 1.54) is 6.07 Å². The van der Waals surface area contributed by atoms with Crippen LogP contribution in [0.4, 0.5) is 13.2 Å². The third kappa shape index (κ3) is 4.10. The molecule has 0 amide bonds. The van der Waals surface area contributed by atoms with E-state index in [9.17, 15) is 26.7 Å². The maximum Gasteiger partial charge on any atom is 0.225 e. The molecule has 0 saturated carbocycles. The molecular formula is C18H17F3N2O4S. The smallest absolute Gasteiger partial charge is 0.225 e. The summed E-state index contributed by atoms with van der Waals surface area (Å²) < 4.78 is 69.3. The average molecular weight is 414 g/mol. The Morgan fingerprint density at radius 1 is 1.36 bits per heavy atom. The van der Waals surface area contributed by atoms with Crippen LogP contribution in [0.1, 0.15) is 36.6 Å². The van der Waals surface area contributed by atoms with Crippen molar-refractivity contribution in [1.29, 1.82) is 5.26 Å². The molecule has 28 heavy (non-hydrogen) atoms. The third-order valence-electron chi connectivity index (χ3n) is 3.86. The first-order valence-electron chi connectivity index (χ1n) is 8.28. The van der Waals surface area contributed by atoms with E-state index in [1.807, 2.05) is 13.8 Å². The molecule has 2 unspecified atom stereocenters. The van der Waals surface area contributed by atoms with Crippen molar-refractivity contribution in [3.63, 3.8) is 0 Å². The van der Waals surface area contributed by atoms with E-state index in [2.05, 4.69) is 4.98 Å². The number of aliphatic hydroxyl groups is 1. The van der Waals surface area contributed by atoms with E-state index in [0.29, 0.717) is 0 Å². The van der Waals surface area contributed by atoms with Gasteiger partial charge >= 0.3 is 0 Å². The molecule has 1 aliphatic rings. The number of fused-ring (bicyclic) bond motifs is 1. The maximum absolute atomic E-state index is 14.0. The van der Waals surface area contributed by atoms with Crippen molar-refractivity contribution < 1.29 is 31.4 Å². The van der Waals surface area contributed by atoms with Gasteiger partial charge < -0.3 is 9.84 Å². The van der Waals surface area contributed by atoms with Crippen molar-refractivity contribution in [2.45, 2.75) is 37.6 Å². The number of benzene rings is 1. The fourth-order valence-electron chi connectivity index (χ4n) is 2.73. The molecule has 6 nitrogen and oxygen atoms in total. The van der Waals surface area contributed by atoms with Gasteiger partial charge in [-0.15, -0.1) is 0 Å². The van der Waals surface area contributed by atoms with Gasteiger partial charge in [-0.3, -0.25) is 0 Å². The average Bonchev–Trinajstić information content (AvgIpc) is 2.98. The van der Waals surface area contributed by atoms with Gasteiger partial charge in [-0.25, -0.2) is 26.6 Å². The number of rotatable bonds is 4. The van der Waals surface area contributed by atoms with Gasteiger partial charge in [-0.05, 0) is 12.1 Å². The number of alkyl halides is 2. The lowest BCUT2D eigenvalue weighted by Crippen LogP contribution is -2.13. The minimum atomic E-state index is -4.45. The largest absolute Gasteiger partial charge is 0.455 e. The van der Waals surface area contributed by atoms with E-state index in [4.69, 9.17) is 10.00 Å². The predicted octanol–water partition coefficient (Wildman–Crippen LogP) is 3.54. The Bertz CT molecular complexity index is 1020. The second kappa shape index (κ2) is 8.58. The Morgan fingerprint density at radius 2 is 2.04 bits per heavy atom. The molecule has 0 bridgehead atoms. The lowest BCUT2D eigenvalue weighted by molar-refractivity contribution is 0.0903. The van der Waals surface area contributed by atoms with Crippen LogP contribution in [0.3, 0.4) is 0 Å². The molecule has 1 aliphatic carbocycles. The van der Waals surface area contributed by atoms with Crippen molar-refractivity contribution in [3.8, 4) is 17.6 Å². The molecule has 10 heteroatoms. The number of sulfone groups is 1. The SMILES string of the molecule is CC.N#Cc1cc(F)cc(Oc2cnc(S(=O)(=O)CF)c3c2CC(F)C3O)c1. The Hall–Kier alpha value is -2.64. The molecule has 2 atom stereocenters. The van der Waals surface area contributed by atoms with Gasteiger partial charge in [0.1, 0.15) is 29.6 Å². The number of pyridine rings is 1. The highest BCUT2D eigenvalue weighted by Crippen LogP contribution is 2.42. The van der Waals surface area contributed by atoms with Crippen molar-refractivity contribution in [2.75, 3.05) is 6.01 Å². The highest BCUT2D eigenvalue weighted by Gasteiger charge is 2.39. The minimum absolute atomic E-state index is 0.00482. The zero-order chi connectivity index (χ0) is 21.1. The second-order valence-electron chi connectivity index (χ2n) is 5.60. The normalized spacial score (nSPS) is 17.9. The standard InChI is InChI=1S/C16H11F3N2O4S.C2H6/c17-7-26(23,24)16-14-11(4-12(19)15(14)22)13(6-21-16)25-10-2-8(5-20)1-9(18)3-10;1-2/h1-3,6,12,15,22H,4,7H2;1-2H3. The summed E-state index contributed by atoms with van der Waals surface area (Å²) in [5, 5.41) is 18.0. The summed E-state index contributed by atoms with van der Waals surface area (Å²) in [6.07, 6.45) is -3.08. The van der Waals surface area contributed by atoms with E-state index < -0.39 is 39.0 Å². The first-order valence-corrected chi connectivity index (χ1v) is 9.93. The number of nitrogens with zero attached hydrogens (tertiary/aromatic N) is 2. The van der Waals surface area contributed by atoms with Crippen molar-refractivity contribution in [3.05, 3.63) is 46.9 Å². The number of halogens is 3. The molecule has 0 radical (unpaired) electrons. The van der Waals surface area contributed by atoms with Crippen LogP contribution in [0.25, 0.3) is 0 Å². The van der Waals surface area contributed by atoms with Gasteiger partial charge in [0.05, 0.1) is 17.8 Å². The predicted molar refractivity (Wildman–Crippen MR) is 93.5 cm³/mol. The molecular weight excluding hydrogens is 397 g/mol. The van der Waals surface area contributed by atoms with Gasteiger partial charge in [0.25, 0.3) is 0 Å². The Morgan fingerprint density at radius 3 is 2.64 bits per heavy atom. The minimum Gasteiger partial charge on any atom is -0.455 e. The molecule has 0 saturated heterocycles. The highest BCUT2D eigenvalue weighted by molar-refractivity contribution is 7.91. The molecule has 2 aromatic rings. The number of hydrogen-bond donors (Lipinski definition) is 1. The van der Waals surface area contributed by atoms with Crippen LogP contribution in [0.15, 0.2) is 29.4 Å². The van der Waals surface area contributed by atoms with Crippen LogP contribution in [0.2, 0.25) is 0 Å². The van der Waals surface area contributed by atoms with Crippen molar-refractivity contribution >= 4 is 9.84 Å². The lowest BCUT2D eigenvalue weighted by Gasteiger charge is -2.14. The van der Waals surface area contributed by atoms with Crippen molar-refractivity contribution in [2.24, 2.45) is 0 Å². The Labute approximate surface area is 160 Å². The van der Waals surface area contributed by atoms with E-state index in [0.717, 1.165) is 18.3 Å². The second-order valence-corrected chi connectivity index (χ2v) is 7.43. The van der Waals surface area contributed by atoms with Gasteiger partial charge in [0.2, 0.25) is 9.84 Å². The van der Waals surface area contributed by atoms with Crippen LogP contribution in [0.5, 0.6) is 11.5 Å². The van der Waals surface area contributed by atoms with E-state index in [-0.39, 0.29) is 34.6 Å². The summed E-state index contributed by atoms with van der Waals surface area (Å²) >= 11 is 0. The number of aliphatic hydroxyl groups excluding tert-OH is 1. The topological polar surface area (TPSA) is 100 Å². The number of aromatic nitrogens is 1. The highest BCUT2D eigenvalue weighted by atomic mass is 32.2. The molecule has 1 N–H and O–H groups in total. The van der Waals surface area contributed by atoms with Crippen LogP contribution in [0, 0.1) is 17.1 Å². The number of hydrogen-bond acceptors (Lipinski definition) is 6. The third-order valence-corrected chi connectivity index (χ3v) is 5.06. The molecule has 1 heterocycles. The summed E-state index contributed by atoms with van der Waals surface area (Å²) in [6, 6.07) is 3.15. The molecule has 1 aromatic heterocycles. The molecule has 150 valence electrons. The first kappa shape index (κ1) is 21.7. The molecule has 0 spiro atoms. The molecule has 0 aliphatic heterocycles. The quantitative estimate of drug-likeness (QED) is 0.821. The van der Waals surface area contributed by atoms with Gasteiger partial charge in [-0.1, -0.05) is 13.8 Å². The summed E-state index contributed by atoms with van der Waals surface area (Å²) in [7, 11) is -4.45. The number of ether oxygens (including phenoxy) is 1. The lowest BCUT2D eigenvalue weighted by atomic mass is 10.1. The monoisotopic (exact) mass is 414 g/mol. The Kier molecular flexibility index (Phi) is 6.64. The van der Waals surface area contributed by atoms with Crippen molar-refractivity contribution in [1.82, 2.24) is 4.98 Å². The van der Waals surface area contributed by atoms with Gasteiger partial charge in [0, 0.05) is 23.6 Å². The van der Waals surface area contributed by atoms with E-state index in [1.54, 1.807) is 6.07 Å². The van der Waals surface area contributed by atoms with Gasteiger partial charge in [0.15, 0.2) is 11.0 Å². The molecule has 1 aromatic carbocycles. The fourth-order valence-corrected chi connectivity index (χ4v) is 3.63. The first-order chi connectivity index (χ1) is 13.3. The maximum atomic E-state index is 14.0. The molecule has 3 rings (SSSR count). The van der Waals surface area contributed by atoms with Crippen LogP contribution < -0.4 is 4.74 Å². The summed E-state index contributed by atoms with van der Waals surface area (Å²) in [5.41, 5.74) is -0.399. The number of nitriles is 1. The van der Waals surface area contributed by atoms with E-state index >= 15 is 0 Å². The molecule has 0 fully saturated rings. The van der Waals surface area contributed by atoms with Crippen LogP contribution >= 0.6 is 0 Å². The Balaban J connectivity index is 0.00000136. The summed E-state index contributed by atoms with van der Waals surface area (Å²) in [4.78, 5) is 3.60. The fraction of sp³-hybridized carbons (Fsp3) is 0.333. The zero-order valence-electron chi connectivity index (χ0n) is 15.0.